The fourth-order valence-corrected chi connectivity index (χ4v) is 0.955. The van der Waals surface area contributed by atoms with Gasteiger partial charge < -0.3 is 5.11 Å². The number of aliphatic hydroxyl groups is 1. The minimum absolute atomic E-state index is 0.320. The van der Waals surface area contributed by atoms with Gasteiger partial charge in [-0.1, -0.05) is 0 Å². The Morgan fingerprint density at radius 1 is 1.50 bits per heavy atom. The van der Waals surface area contributed by atoms with Crippen LogP contribution in [0.1, 0.15) is 6.92 Å². The normalized spacial score (nSPS) is 12.2. The summed E-state index contributed by atoms with van der Waals surface area (Å²) in [5.74, 6) is 0.996. The molecule has 0 aliphatic heterocycles. The van der Waals surface area contributed by atoms with Crippen molar-refractivity contribution in [3.8, 4) is 0 Å². The van der Waals surface area contributed by atoms with Crippen molar-refractivity contribution in [2.24, 2.45) is 0 Å². The highest BCUT2D eigenvalue weighted by atomic mass is 16.3. The molecule has 0 saturated heterocycles. The summed E-state index contributed by atoms with van der Waals surface area (Å²) in [5, 5.41) is 12.2. The summed E-state index contributed by atoms with van der Waals surface area (Å²) in [7, 11) is 7.85. The van der Waals surface area contributed by atoms with E-state index in [1.807, 2.05) is 37.7 Å². The van der Waals surface area contributed by atoms with E-state index >= 15 is 0 Å². The molecule has 0 radical (unpaired) electrons. The Balaban J connectivity index is 4.09. The highest BCUT2D eigenvalue weighted by molar-refractivity contribution is 5.74. The van der Waals surface area contributed by atoms with Gasteiger partial charge in [0.2, 0.25) is 0 Å². The number of nitrogens with one attached hydrogen (secondary N) is 1. The second kappa shape index (κ2) is 4.98. The van der Waals surface area contributed by atoms with Crippen molar-refractivity contribution >= 4 is 5.96 Å². The summed E-state index contributed by atoms with van der Waals surface area (Å²) in [6.07, 6.45) is -0.320. The van der Waals surface area contributed by atoms with Gasteiger partial charge in [0, 0.05) is 0 Å². The third-order valence-corrected chi connectivity index (χ3v) is 1.40. The van der Waals surface area contributed by atoms with Crippen LogP contribution in [0.2, 0.25) is 0 Å². The first-order chi connectivity index (χ1) is 5.45. The monoisotopic (exact) mass is 174 g/mol. The van der Waals surface area contributed by atoms with Crippen LogP contribution in [-0.4, -0.2) is 61.4 Å². The van der Waals surface area contributed by atoms with Gasteiger partial charge in [-0.05, 0) is 6.92 Å². The molecule has 2 N–H and O–H groups in total. The van der Waals surface area contributed by atoms with E-state index in [1.165, 1.54) is 0 Å². The van der Waals surface area contributed by atoms with Gasteiger partial charge in [-0.2, -0.15) is 0 Å². The van der Waals surface area contributed by atoms with Crippen molar-refractivity contribution in [1.29, 1.82) is 0 Å². The molecule has 0 saturated carbocycles. The third kappa shape index (κ3) is 4.18. The van der Waals surface area contributed by atoms with Crippen LogP contribution in [0.4, 0.5) is 0 Å². The van der Waals surface area contributed by atoms with E-state index < -0.39 is 0 Å². The molecular weight excluding hydrogens is 154 g/mol. The molecule has 0 aromatic rings. The van der Waals surface area contributed by atoms with Crippen LogP contribution in [0.3, 0.4) is 0 Å². The number of hydrogen-bond acceptors (Lipinski definition) is 1. The SMILES string of the molecule is CC(O)CNC(N(C)C)=[N+](C)C. The number of rotatable bonds is 2. The third-order valence-electron chi connectivity index (χ3n) is 1.40. The van der Waals surface area contributed by atoms with E-state index in [1.54, 1.807) is 6.92 Å². The minimum Gasteiger partial charge on any atom is -0.390 e. The molecule has 0 fully saturated rings. The molecule has 0 spiro atoms. The molecule has 0 aromatic carbocycles. The second-order valence-corrected chi connectivity index (χ2v) is 3.34. The van der Waals surface area contributed by atoms with Crippen LogP contribution in [0, 0.1) is 0 Å². The van der Waals surface area contributed by atoms with Crippen molar-refractivity contribution in [3.05, 3.63) is 0 Å². The molecule has 12 heavy (non-hydrogen) atoms. The Hall–Kier alpha value is -0.770. The van der Waals surface area contributed by atoms with Crippen molar-refractivity contribution in [2.75, 3.05) is 34.7 Å². The Bertz CT molecular complexity index is 160. The topological polar surface area (TPSA) is 38.5 Å². The standard InChI is InChI=1S/C8H19N3O/c1-7(12)6-9-8(10(2)3)11(4)5/h7,12H,6H2,1-5H3/p+1. The minimum atomic E-state index is -0.320. The van der Waals surface area contributed by atoms with Crippen molar-refractivity contribution in [2.45, 2.75) is 13.0 Å². The van der Waals surface area contributed by atoms with Crippen LogP contribution in [0.15, 0.2) is 0 Å². The predicted octanol–water partition coefficient (Wildman–Crippen LogP) is -0.853. The zero-order valence-electron chi connectivity index (χ0n) is 8.63. The lowest BCUT2D eigenvalue weighted by molar-refractivity contribution is -0.472. The van der Waals surface area contributed by atoms with Gasteiger partial charge in [0.1, 0.15) is 0 Å². The Kier molecular flexibility index (Phi) is 4.66. The second-order valence-electron chi connectivity index (χ2n) is 3.34. The average Bonchev–Trinajstić information content (AvgIpc) is 1.84. The van der Waals surface area contributed by atoms with Gasteiger partial charge in [0.15, 0.2) is 0 Å². The molecule has 0 bridgehead atoms. The zero-order chi connectivity index (χ0) is 9.72. The van der Waals surface area contributed by atoms with E-state index in [-0.39, 0.29) is 6.10 Å². The Morgan fingerprint density at radius 2 is 2.00 bits per heavy atom. The Morgan fingerprint density at radius 3 is 2.25 bits per heavy atom. The van der Waals surface area contributed by atoms with Gasteiger partial charge >= 0.3 is 5.96 Å². The molecule has 0 aliphatic rings. The number of aliphatic hydroxyl groups excluding tert-OH is 1. The van der Waals surface area contributed by atoms with Crippen molar-refractivity contribution in [1.82, 2.24) is 10.2 Å². The maximum Gasteiger partial charge on any atom is 0.347 e. The molecule has 72 valence electrons. The molecule has 0 rings (SSSR count). The molecule has 0 heterocycles. The van der Waals surface area contributed by atoms with Crippen molar-refractivity contribution in [3.63, 3.8) is 0 Å². The maximum atomic E-state index is 9.05. The summed E-state index contributed by atoms with van der Waals surface area (Å²) in [6.45, 7) is 2.33. The highest BCUT2D eigenvalue weighted by Crippen LogP contribution is 1.80. The molecule has 4 nitrogen and oxygen atoms in total. The van der Waals surface area contributed by atoms with Crippen LogP contribution in [-0.2, 0) is 0 Å². The molecule has 0 aromatic heterocycles. The van der Waals surface area contributed by atoms with Crippen LogP contribution >= 0.6 is 0 Å². The number of nitrogens with zero attached hydrogens (tertiary/aromatic N) is 2. The lowest BCUT2D eigenvalue weighted by Gasteiger charge is -2.13. The molecular formula is C8H20N3O+. The first kappa shape index (κ1) is 11.2. The number of guanidine groups is 1. The van der Waals surface area contributed by atoms with E-state index in [2.05, 4.69) is 5.32 Å². The lowest BCUT2D eigenvalue weighted by atomic mass is 10.4. The molecule has 0 amide bonds. The summed E-state index contributed by atoms with van der Waals surface area (Å²) in [6, 6.07) is 0. The fraction of sp³-hybridized carbons (Fsp3) is 0.875. The summed E-state index contributed by atoms with van der Waals surface area (Å²) >= 11 is 0. The average molecular weight is 174 g/mol. The van der Waals surface area contributed by atoms with Crippen LogP contribution in [0.25, 0.3) is 0 Å². The largest absolute Gasteiger partial charge is 0.390 e. The smallest absolute Gasteiger partial charge is 0.347 e. The quantitative estimate of drug-likeness (QED) is 0.325. The first-order valence-corrected chi connectivity index (χ1v) is 4.08. The van der Waals surface area contributed by atoms with E-state index in [0.717, 1.165) is 5.96 Å². The van der Waals surface area contributed by atoms with Gasteiger partial charge in [-0.3, -0.25) is 14.8 Å². The van der Waals surface area contributed by atoms with Crippen molar-refractivity contribution < 1.29 is 9.68 Å². The summed E-state index contributed by atoms with van der Waals surface area (Å²) in [5.41, 5.74) is 0. The van der Waals surface area contributed by atoms with Gasteiger partial charge in [0.25, 0.3) is 0 Å². The van der Waals surface area contributed by atoms with Crippen LogP contribution < -0.4 is 5.32 Å². The summed E-state index contributed by atoms with van der Waals surface area (Å²) in [4.78, 5) is 1.97. The van der Waals surface area contributed by atoms with Gasteiger partial charge in [0.05, 0.1) is 40.8 Å². The van der Waals surface area contributed by atoms with E-state index in [0.29, 0.717) is 6.54 Å². The zero-order valence-corrected chi connectivity index (χ0v) is 8.63. The predicted molar refractivity (Wildman–Crippen MR) is 50.5 cm³/mol. The molecule has 4 heteroatoms. The number of hydrogen-bond donors (Lipinski definition) is 2. The Labute approximate surface area is 74.5 Å². The van der Waals surface area contributed by atoms with Gasteiger partial charge in [-0.25, -0.2) is 0 Å². The van der Waals surface area contributed by atoms with E-state index in [9.17, 15) is 0 Å². The fourth-order valence-electron chi connectivity index (χ4n) is 0.955. The molecule has 1 unspecified atom stereocenters. The molecule has 1 atom stereocenters. The highest BCUT2D eigenvalue weighted by Gasteiger charge is 2.10. The van der Waals surface area contributed by atoms with Gasteiger partial charge in [-0.15, -0.1) is 0 Å². The van der Waals surface area contributed by atoms with E-state index in [4.69, 9.17) is 5.11 Å². The van der Waals surface area contributed by atoms with Crippen LogP contribution in [0.5, 0.6) is 0 Å². The lowest BCUT2D eigenvalue weighted by Crippen LogP contribution is -2.44. The first-order valence-electron chi connectivity index (χ1n) is 4.08. The summed E-state index contributed by atoms with van der Waals surface area (Å²) < 4.78 is 1.97. The molecule has 0 aliphatic carbocycles. The maximum absolute atomic E-state index is 9.05.